The maximum Gasteiger partial charge on any atom is 0.255 e. The van der Waals surface area contributed by atoms with Gasteiger partial charge in [-0.1, -0.05) is 29.3 Å². The third-order valence-electron chi connectivity index (χ3n) is 4.35. The van der Waals surface area contributed by atoms with Crippen LogP contribution in [-0.2, 0) is 0 Å². The molecule has 2 aromatic rings. The van der Waals surface area contributed by atoms with Gasteiger partial charge in [-0.2, -0.15) is 0 Å². The Morgan fingerprint density at radius 3 is 2.85 bits per heavy atom. The maximum absolute atomic E-state index is 12.9. The molecular formula is C18H19Cl2N5O. The highest BCUT2D eigenvalue weighted by Gasteiger charge is 2.30. The van der Waals surface area contributed by atoms with Crippen molar-refractivity contribution in [1.82, 2.24) is 14.9 Å². The molecule has 1 aromatic carbocycles. The average Bonchev–Trinajstić information content (AvgIpc) is 2.61. The van der Waals surface area contributed by atoms with Crippen LogP contribution in [0.2, 0.25) is 10.0 Å². The van der Waals surface area contributed by atoms with E-state index >= 15 is 0 Å². The molecule has 3 rings (SSSR count). The van der Waals surface area contributed by atoms with Crippen LogP contribution in [0.3, 0.4) is 0 Å². The Kier molecular flexibility index (Phi) is 5.34. The first-order chi connectivity index (χ1) is 12.4. The first-order valence-electron chi connectivity index (χ1n) is 8.17. The van der Waals surface area contributed by atoms with E-state index in [1.807, 2.05) is 13.8 Å². The van der Waals surface area contributed by atoms with Crippen molar-refractivity contribution in [2.24, 2.45) is 5.73 Å². The van der Waals surface area contributed by atoms with Gasteiger partial charge in [0.1, 0.15) is 5.82 Å². The maximum atomic E-state index is 12.9. The number of hydrogen-bond donors (Lipinski definition) is 2. The summed E-state index contributed by atoms with van der Waals surface area (Å²) in [7, 11) is 0. The van der Waals surface area contributed by atoms with Gasteiger partial charge in [0.2, 0.25) is 0 Å². The van der Waals surface area contributed by atoms with E-state index in [0.717, 1.165) is 11.4 Å². The molecule has 1 aliphatic rings. The van der Waals surface area contributed by atoms with Crippen molar-refractivity contribution in [2.75, 3.05) is 11.9 Å². The molecule has 1 aromatic heterocycles. The number of benzene rings is 1. The number of amides is 1. The molecule has 0 aliphatic carbocycles. The molecular weight excluding hydrogens is 373 g/mol. The number of anilines is 1. The van der Waals surface area contributed by atoms with Crippen molar-refractivity contribution in [3.05, 3.63) is 63.3 Å². The van der Waals surface area contributed by atoms with Gasteiger partial charge in [-0.3, -0.25) is 9.78 Å². The summed E-state index contributed by atoms with van der Waals surface area (Å²) in [5, 5.41) is 3.83. The molecule has 0 fully saturated rings. The van der Waals surface area contributed by atoms with Crippen molar-refractivity contribution in [3.63, 3.8) is 0 Å². The number of aryl methyl sites for hydroxylation is 1. The summed E-state index contributed by atoms with van der Waals surface area (Å²) >= 11 is 12.2. The van der Waals surface area contributed by atoms with Crippen molar-refractivity contribution in [1.29, 1.82) is 0 Å². The normalized spacial score (nSPS) is 17.4. The lowest BCUT2D eigenvalue weighted by Gasteiger charge is -2.35. The number of carbonyl (C=O) groups is 1. The number of rotatable bonds is 3. The minimum absolute atomic E-state index is 0.192. The summed E-state index contributed by atoms with van der Waals surface area (Å²) in [5.41, 5.74) is 8.92. The molecule has 0 saturated carbocycles. The number of carbonyl (C=O) groups excluding carboxylic acids is 1. The van der Waals surface area contributed by atoms with Gasteiger partial charge in [0, 0.05) is 24.9 Å². The quantitative estimate of drug-likeness (QED) is 0.834. The topological polar surface area (TPSA) is 84.1 Å². The van der Waals surface area contributed by atoms with E-state index in [1.54, 1.807) is 35.5 Å². The molecule has 136 valence electrons. The predicted molar refractivity (Wildman–Crippen MR) is 103 cm³/mol. The lowest BCUT2D eigenvalue weighted by atomic mass is 10.0. The van der Waals surface area contributed by atoms with Crippen molar-refractivity contribution in [3.8, 4) is 0 Å². The number of halogens is 2. The molecule has 26 heavy (non-hydrogen) atoms. The Morgan fingerprint density at radius 2 is 2.12 bits per heavy atom. The van der Waals surface area contributed by atoms with Gasteiger partial charge in [0.25, 0.3) is 5.91 Å². The van der Waals surface area contributed by atoms with Crippen LogP contribution in [0, 0.1) is 6.92 Å². The van der Waals surface area contributed by atoms with Gasteiger partial charge in [0.05, 0.1) is 39.2 Å². The van der Waals surface area contributed by atoms with E-state index in [0.29, 0.717) is 35.1 Å². The van der Waals surface area contributed by atoms with Gasteiger partial charge in [0.15, 0.2) is 0 Å². The highest BCUT2D eigenvalue weighted by Crippen LogP contribution is 2.29. The fourth-order valence-electron chi connectivity index (χ4n) is 2.90. The van der Waals surface area contributed by atoms with E-state index in [4.69, 9.17) is 28.9 Å². The minimum Gasteiger partial charge on any atom is -0.399 e. The summed E-state index contributed by atoms with van der Waals surface area (Å²) < 4.78 is 0. The smallest absolute Gasteiger partial charge is 0.255 e. The monoisotopic (exact) mass is 391 g/mol. The second kappa shape index (κ2) is 7.51. The lowest BCUT2D eigenvalue weighted by Crippen LogP contribution is -2.46. The molecule has 6 nitrogen and oxygen atoms in total. The summed E-state index contributed by atoms with van der Waals surface area (Å²) in [4.78, 5) is 23.1. The highest BCUT2D eigenvalue weighted by molar-refractivity contribution is 6.43. The Hall–Kier alpha value is -2.31. The number of aromatic nitrogens is 2. The van der Waals surface area contributed by atoms with Gasteiger partial charge < -0.3 is 16.0 Å². The van der Waals surface area contributed by atoms with E-state index in [1.165, 1.54) is 0 Å². The second-order valence-corrected chi connectivity index (χ2v) is 6.92. The standard InChI is InChI=1S/C18H19Cl2N5O/c1-10-8-22-9-15(23-10)24-14-6-7-25(11(2)17(14)21)18(26)12-4-3-5-13(19)16(12)20/h3-5,8-9,11H,6-7,21H2,1-2H3,(H,23,24). The zero-order valence-electron chi connectivity index (χ0n) is 14.5. The van der Waals surface area contributed by atoms with Gasteiger partial charge in [-0.25, -0.2) is 4.98 Å². The minimum atomic E-state index is -0.286. The molecule has 1 unspecified atom stereocenters. The van der Waals surface area contributed by atoms with Crippen LogP contribution in [0.25, 0.3) is 0 Å². The summed E-state index contributed by atoms with van der Waals surface area (Å²) in [6.07, 6.45) is 3.90. The lowest BCUT2D eigenvalue weighted by molar-refractivity contribution is 0.0705. The number of nitrogens with one attached hydrogen (secondary N) is 1. The van der Waals surface area contributed by atoms with Gasteiger partial charge in [-0.05, 0) is 26.0 Å². The molecule has 3 N–H and O–H groups in total. The fourth-order valence-corrected chi connectivity index (χ4v) is 3.29. The van der Waals surface area contributed by atoms with Crippen molar-refractivity contribution < 1.29 is 4.79 Å². The molecule has 0 spiro atoms. The molecule has 8 heteroatoms. The first-order valence-corrected chi connectivity index (χ1v) is 8.93. The SMILES string of the molecule is Cc1cncc(NC2=C(N)C(C)N(C(=O)c3cccc(Cl)c3Cl)CC2)n1. The molecule has 1 amide bonds. The molecule has 1 atom stereocenters. The summed E-state index contributed by atoms with van der Waals surface area (Å²) in [6, 6.07) is 4.74. The Morgan fingerprint density at radius 1 is 1.35 bits per heavy atom. The predicted octanol–water partition coefficient (Wildman–Crippen LogP) is 3.61. The van der Waals surface area contributed by atoms with Crippen LogP contribution < -0.4 is 11.1 Å². The van der Waals surface area contributed by atoms with Crippen LogP contribution in [0.5, 0.6) is 0 Å². The molecule has 1 aliphatic heterocycles. The average molecular weight is 392 g/mol. The Bertz CT molecular complexity index is 884. The zero-order valence-corrected chi connectivity index (χ0v) is 16.0. The Balaban J connectivity index is 1.82. The zero-order chi connectivity index (χ0) is 18.8. The number of nitrogens with zero attached hydrogens (tertiary/aromatic N) is 3. The van der Waals surface area contributed by atoms with Crippen LogP contribution >= 0.6 is 23.2 Å². The number of nitrogens with two attached hydrogens (primary N) is 1. The molecule has 0 bridgehead atoms. The molecule has 0 saturated heterocycles. The molecule has 0 radical (unpaired) electrons. The van der Waals surface area contributed by atoms with Gasteiger partial charge in [-0.15, -0.1) is 0 Å². The summed E-state index contributed by atoms with van der Waals surface area (Å²) in [6.45, 7) is 4.26. The van der Waals surface area contributed by atoms with Crippen LogP contribution in [0.15, 0.2) is 42.0 Å². The van der Waals surface area contributed by atoms with Crippen molar-refractivity contribution in [2.45, 2.75) is 26.3 Å². The van der Waals surface area contributed by atoms with Crippen molar-refractivity contribution >= 4 is 34.9 Å². The molecule has 2 heterocycles. The van der Waals surface area contributed by atoms with Crippen LogP contribution in [0.1, 0.15) is 29.4 Å². The summed E-state index contributed by atoms with van der Waals surface area (Å²) in [5.74, 6) is 0.440. The third kappa shape index (κ3) is 3.61. The van der Waals surface area contributed by atoms with Crippen LogP contribution in [0.4, 0.5) is 5.82 Å². The van der Waals surface area contributed by atoms with E-state index in [-0.39, 0.29) is 17.0 Å². The second-order valence-electron chi connectivity index (χ2n) is 6.13. The fraction of sp³-hybridized carbons (Fsp3) is 0.278. The van der Waals surface area contributed by atoms with E-state index in [2.05, 4.69) is 15.3 Å². The highest BCUT2D eigenvalue weighted by atomic mass is 35.5. The van der Waals surface area contributed by atoms with E-state index in [9.17, 15) is 4.79 Å². The number of hydrogen-bond acceptors (Lipinski definition) is 5. The van der Waals surface area contributed by atoms with Crippen LogP contribution in [-0.4, -0.2) is 33.4 Å². The Labute approximate surface area is 162 Å². The van der Waals surface area contributed by atoms with Gasteiger partial charge >= 0.3 is 0 Å². The van der Waals surface area contributed by atoms with E-state index < -0.39 is 0 Å². The first kappa shape index (κ1) is 18.5. The third-order valence-corrected chi connectivity index (χ3v) is 5.16. The largest absolute Gasteiger partial charge is 0.399 e.